The summed E-state index contributed by atoms with van der Waals surface area (Å²) in [6, 6.07) is 9.58. The van der Waals surface area contributed by atoms with Crippen LogP contribution in [0.1, 0.15) is 27.8 Å². The van der Waals surface area contributed by atoms with Gasteiger partial charge in [-0.2, -0.15) is 13.2 Å². The summed E-state index contributed by atoms with van der Waals surface area (Å²) in [5, 5.41) is 12.4. The van der Waals surface area contributed by atoms with E-state index in [1.54, 1.807) is 24.2 Å². The summed E-state index contributed by atoms with van der Waals surface area (Å²) in [7, 11) is 1.72. The summed E-state index contributed by atoms with van der Waals surface area (Å²) in [5.41, 5.74) is 2.22. The van der Waals surface area contributed by atoms with Gasteiger partial charge in [-0.05, 0) is 30.3 Å². The number of aromatic nitrogens is 2. The van der Waals surface area contributed by atoms with Gasteiger partial charge in [0.05, 0.1) is 16.8 Å². The molecule has 0 radical (unpaired) electrons. The largest absolute Gasteiger partial charge is 0.478 e. The van der Waals surface area contributed by atoms with Crippen molar-refractivity contribution in [1.82, 2.24) is 9.97 Å². The zero-order valence-electron chi connectivity index (χ0n) is 15.1. The standard InChI is InChI=1S/C20H15F3N4O2/c1-27-16-7-11(19(28)29)5-6-14(16)15-9-24-10-25-17(15)18(27)26-13-4-2-3-12(8-13)20(21,22)23/h2-10,18,26H,1H3,(H,28,29). The fraction of sp³-hybridized carbons (Fsp3) is 0.150. The smallest absolute Gasteiger partial charge is 0.416 e. The normalized spacial score (nSPS) is 15.4. The monoisotopic (exact) mass is 400 g/mol. The van der Waals surface area contributed by atoms with Crippen LogP contribution in [-0.4, -0.2) is 28.1 Å². The molecule has 0 amide bonds. The Morgan fingerprint density at radius 2 is 1.97 bits per heavy atom. The summed E-state index contributed by atoms with van der Waals surface area (Å²) in [5.74, 6) is -1.07. The van der Waals surface area contributed by atoms with Gasteiger partial charge >= 0.3 is 12.1 Å². The molecule has 2 aromatic carbocycles. The predicted molar refractivity (Wildman–Crippen MR) is 101 cm³/mol. The molecule has 29 heavy (non-hydrogen) atoms. The molecule has 1 aromatic heterocycles. The van der Waals surface area contributed by atoms with E-state index in [0.29, 0.717) is 16.9 Å². The van der Waals surface area contributed by atoms with Crippen molar-refractivity contribution in [3.05, 3.63) is 71.8 Å². The maximum Gasteiger partial charge on any atom is 0.416 e. The Labute approximate surface area is 163 Å². The average Bonchev–Trinajstić information content (AvgIpc) is 2.70. The summed E-state index contributed by atoms with van der Waals surface area (Å²) < 4.78 is 39.2. The van der Waals surface area contributed by atoms with E-state index in [9.17, 15) is 23.1 Å². The Hall–Kier alpha value is -3.62. The third kappa shape index (κ3) is 3.35. The minimum atomic E-state index is -4.46. The van der Waals surface area contributed by atoms with Crippen molar-refractivity contribution >= 4 is 17.3 Å². The zero-order chi connectivity index (χ0) is 20.8. The molecule has 1 aliphatic rings. The van der Waals surface area contributed by atoms with Crippen LogP contribution >= 0.6 is 0 Å². The molecular weight excluding hydrogens is 385 g/mol. The molecule has 4 rings (SSSR count). The number of nitrogens with one attached hydrogen (secondary N) is 1. The number of fused-ring (bicyclic) bond motifs is 3. The van der Waals surface area contributed by atoms with Gasteiger partial charge in [0, 0.05) is 35.7 Å². The van der Waals surface area contributed by atoms with Gasteiger partial charge < -0.3 is 15.3 Å². The molecule has 9 heteroatoms. The number of carboxylic acids is 1. The van der Waals surface area contributed by atoms with Crippen molar-refractivity contribution in [2.45, 2.75) is 12.3 Å². The average molecular weight is 400 g/mol. The summed E-state index contributed by atoms with van der Waals surface area (Å²) in [4.78, 5) is 21.5. The topological polar surface area (TPSA) is 78.4 Å². The molecule has 2 N–H and O–H groups in total. The first-order valence-corrected chi connectivity index (χ1v) is 8.60. The number of benzene rings is 2. The van der Waals surface area contributed by atoms with Gasteiger partial charge in [0.1, 0.15) is 12.5 Å². The number of anilines is 2. The third-order valence-corrected chi connectivity index (χ3v) is 4.80. The Morgan fingerprint density at radius 3 is 2.69 bits per heavy atom. The van der Waals surface area contributed by atoms with Gasteiger partial charge in [-0.25, -0.2) is 14.8 Å². The van der Waals surface area contributed by atoms with E-state index < -0.39 is 23.9 Å². The molecule has 3 aromatic rings. The van der Waals surface area contributed by atoms with Crippen molar-refractivity contribution in [2.24, 2.45) is 0 Å². The van der Waals surface area contributed by atoms with E-state index in [0.717, 1.165) is 17.7 Å². The lowest BCUT2D eigenvalue weighted by Gasteiger charge is -2.37. The number of hydrogen-bond donors (Lipinski definition) is 2. The van der Waals surface area contributed by atoms with Crippen LogP contribution < -0.4 is 10.2 Å². The third-order valence-electron chi connectivity index (χ3n) is 4.80. The Morgan fingerprint density at radius 1 is 1.17 bits per heavy atom. The Balaban J connectivity index is 1.79. The minimum Gasteiger partial charge on any atom is -0.478 e. The lowest BCUT2D eigenvalue weighted by atomic mass is 9.95. The van der Waals surface area contributed by atoms with Gasteiger partial charge in [0.15, 0.2) is 0 Å². The first-order valence-electron chi connectivity index (χ1n) is 8.60. The van der Waals surface area contributed by atoms with Crippen molar-refractivity contribution < 1.29 is 23.1 Å². The van der Waals surface area contributed by atoms with Crippen molar-refractivity contribution in [2.75, 3.05) is 17.3 Å². The lowest BCUT2D eigenvalue weighted by Crippen LogP contribution is -2.34. The predicted octanol–water partition coefficient (Wildman–Crippen LogP) is 4.42. The van der Waals surface area contributed by atoms with E-state index in [1.807, 2.05) is 0 Å². The second-order valence-corrected chi connectivity index (χ2v) is 6.60. The Bertz CT molecular complexity index is 1100. The van der Waals surface area contributed by atoms with Crippen molar-refractivity contribution in [3.63, 3.8) is 0 Å². The molecule has 6 nitrogen and oxygen atoms in total. The highest BCUT2D eigenvalue weighted by molar-refractivity contribution is 5.93. The van der Waals surface area contributed by atoms with Gasteiger partial charge in [-0.1, -0.05) is 12.1 Å². The van der Waals surface area contributed by atoms with Crippen LogP contribution in [0.2, 0.25) is 0 Å². The molecule has 1 atom stereocenters. The lowest BCUT2D eigenvalue weighted by molar-refractivity contribution is -0.137. The highest BCUT2D eigenvalue weighted by Crippen LogP contribution is 2.43. The summed E-state index contributed by atoms with van der Waals surface area (Å²) >= 11 is 0. The molecular formula is C20H15F3N4O2. The number of aromatic carboxylic acids is 1. The second-order valence-electron chi connectivity index (χ2n) is 6.60. The fourth-order valence-electron chi connectivity index (χ4n) is 3.38. The Kier molecular flexibility index (Phi) is 4.37. The highest BCUT2D eigenvalue weighted by atomic mass is 19.4. The van der Waals surface area contributed by atoms with Crippen LogP contribution in [0.5, 0.6) is 0 Å². The SMILES string of the molecule is CN1c2cc(C(=O)O)ccc2-c2cncnc2C1Nc1cccc(C(F)(F)F)c1. The number of alkyl halides is 3. The van der Waals surface area contributed by atoms with E-state index in [4.69, 9.17) is 0 Å². The van der Waals surface area contributed by atoms with Crippen molar-refractivity contribution in [3.8, 4) is 11.1 Å². The zero-order valence-corrected chi connectivity index (χ0v) is 15.1. The summed E-state index contributed by atoms with van der Waals surface area (Å²) in [6.07, 6.45) is -2.10. The van der Waals surface area contributed by atoms with Crippen LogP contribution in [0.3, 0.4) is 0 Å². The van der Waals surface area contributed by atoms with Crippen LogP contribution in [0.4, 0.5) is 24.5 Å². The fourth-order valence-corrected chi connectivity index (χ4v) is 3.38. The van der Waals surface area contributed by atoms with Crippen LogP contribution in [0, 0.1) is 0 Å². The molecule has 0 saturated heterocycles. The van der Waals surface area contributed by atoms with Crippen LogP contribution in [-0.2, 0) is 6.18 Å². The maximum absolute atomic E-state index is 13.1. The number of nitrogens with zero attached hydrogens (tertiary/aromatic N) is 3. The van der Waals surface area contributed by atoms with Crippen LogP contribution in [0.25, 0.3) is 11.1 Å². The van der Waals surface area contributed by atoms with E-state index >= 15 is 0 Å². The van der Waals surface area contributed by atoms with E-state index in [2.05, 4.69) is 15.3 Å². The van der Waals surface area contributed by atoms with Gasteiger partial charge in [-0.3, -0.25) is 0 Å². The second kappa shape index (κ2) is 6.77. The molecule has 1 aliphatic heterocycles. The number of halogens is 3. The number of carboxylic acid groups (broad SMARTS) is 1. The van der Waals surface area contributed by atoms with Crippen molar-refractivity contribution in [1.29, 1.82) is 0 Å². The number of hydrogen-bond acceptors (Lipinski definition) is 5. The first-order chi connectivity index (χ1) is 13.8. The molecule has 0 saturated carbocycles. The maximum atomic E-state index is 13.1. The highest BCUT2D eigenvalue weighted by Gasteiger charge is 2.33. The number of rotatable bonds is 3. The van der Waals surface area contributed by atoms with E-state index in [1.165, 1.54) is 30.6 Å². The van der Waals surface area contributed by atoms with Gasteiger partial charge in [-0.15, -0.1) is 0 Å². The first kappa shape index (κ1) is 18.7. The number of carbonyl (C=O) groups is 1. The van der Waals surface area contributed by atoms with Gasteiger partial charge in [0.2, 0.25) is 0 Å². The van der Waals surface area contributed by atoms with Crippen LogP contribution in [0.15, 0.2) is 55.0 Å². The molecule has 0 aliphatic carbocycles. The molecule has 1 unspecified atom stereocenters. The molecule has 148 valence electrons. The molecule has 2 heterocycles. The van der Waals surface area contributed by atoms with Gasteiger partial charge in [0.25, 0.3) is 0 Å². The molecule has 0 fully saturated rings. The quantitative estimate of drug-likeness (QED) is 0.678. The van der Waals surface area contributed by atoms with E-state index in [-0.39, 0.29) is 11.3 Å². The molecule has 0 spiro atoms. The molecule has 0 bridgehead atoms. The minimum absolute atomic E-state index is 0.105. The summed E-state index contributed by atoms with van der Waals surface area (Å²) in [6.45, 7) is 0.